The van der Waals surface area contributed by atoms with Gasteiger partial charge in [0.25, 0.3) is 0 Å². The molecule has 2 heteroatoms. The Morgan fingerprint density at radius 1 is 0.406 bits per heavy atom. The molecule has 5 aromatic carbocycles. The first-order chi connectivity index (χ1) is 15.8. The fourth-order valence-corrected chi connectivity index (χ4v) is 5.56. The third kappa shape index (κ3) is 4.02. The lowest BCUT2D eigenvalue weighted by Gasteiger charge is -2.18. The molecule has 0 aliphatic carbocycles. The lowest BCUT2D eigenvalue weighted by molar-refractivity contribution is 1.17. The van der Waals surface area contributed by atoms with E-state index in [2.05, 4.69) is 129 Å². The van der Waals surface area contributed by atoms with E-state index in [4.69, 9.17) is 0 Å². The highest BCUT2D eigenvalue weighted by atomic mass is 79.9. The van der Waals surface area contributed by atoms with Crippen molar-refractivity contribution in [2.75, 3.05) is 10.7 Å². The first-order valence-corrected chi connectivity index (χ1v) is 13.3. The predicted octanol–water partition coefficient (Wildman–Crippen LogP) is 9.20. The maximum Gasteiger partial charge on any atom is 0.00718 e. The lowest BCUT2D eigenvalue weighted by atomic mass is 9.85. The van der Waals surface area contributed by atoms with Crippen molar-refractivity contribution in [3.63, 3.8) is 0 Å². The van der Waals surface area contributed by atoms with E-state index < -0.39 is 0 Å². The van der Waals surface area contributed by atoms with Gasteiger partial charge >= 0.3 is 0 Å². The standard InChI is InChI=1S/C30H24Br2/c31-19-17-21-9-13-23(14-10-21)29-25-5-1-2-6-26(25)30(28-8-4-3-7-27(28)29)24-15-11-22(12-16-24)18-20-32/h1-16H,17-20H2. The summed E-state index contributed by atoms with van der Waals surface area (Å²) in [4.78, 5) is 0. The van der Waals surface area contributed by atoms with Gasteiger partial charge in [0.1, 0.15) is 0 Å². The van der Waals surface area contributed by atoms with Crippen molar-refractivity contribution < 1.29 is 0 Å². The van der Waals surface area contributed by atoms with Gasteiger partial charge < -0.3 is 0 Å². The maximum absolute atomic E-state index is 3.56. The Labute approximate surface area is 206 Å². The molecular weight excluding hydrogens is 520 g/mol. The van der Waals surface area contributed by atoms with Crippen molar-refractivity contribution in [3.8, 4) is 22.3 Å². The second-order valence-corrected chi connectivity index (χ2v) is 9.70. The van der Waals surface area contributed by atoms with Crippen molar-refractivity contribution >= 4 is 53.4 Å². The number of hydrogen-bond acceptors (Lipinski definition) is 0. The summed E-state index contributed by atoms with van der Waals surface area (Å²) in [7, 11) is 0. The van der Waals surface area contributed by atoms with E-state index >= 15 is 0 Å². The summed E-state index contributed by atoms with van der Waals surface area (Å²) in [6.07, 6.45) is 2.09. The van der Waals surface area contributed by atoms with Gasteiger partial charge in [-0.1, -0.05) is 129 Å². The molecule has 0 aliphatic rings. The molecule has 0 aromatic heterocycles. The molecule has 0 N–H and O–H groups in total. The van der Waals surface area contributed by atoms with Gasteiger partial charge in [0.15, 0.2) is 0 Å². The molecule has 0 atom stereocenters. The molecule has 0 unspecified atom stereocenters. The number of aryl methyl sites for hydroxylation is 2. The molecule has 0 fully saturated rings. The third-order valence-corrected chi connectivity index (χ3v) is 6.98. The minimum absolute atomic E-state index is 0.987. The minimum Gasteiger partial charge on any atom is -0.0924 e. The van der Waals surface area contributed by atoms with Crippen molar-refractivity contribution in [2.45, 2.75) is 12.8 Å². The molecular formula is C30H24Br2. The highest BCUT2D eigenvalue weighted by Gasteiger charge is 2.16. The quantitative estimate of drug-likeness (QED) is 0.148. The highest BCUT2D eigenvalue weighted by molar-refractivity contribution is 9.09. The highest BCUT2D eigenvalue weighted by Crippen LogP contribution is 2.43. The first-order valence-electron chi connectivity index (χ1n) is 11.0. The fourth-order valence-electron chi connectivity index (χ4n) is 4.64. The van der Waals surface area contributed by atoms with Gasteiger partial charge in [-0.15, -0.1) is 0 Å². The van der Waals surface area contributed by atoms with Gasteiger partial charge in [-0.2, -0.15) is 0 Å². The van der Waals surface area contributed by atoms with Crippen molar-refractivity contribution in [3.05, 3.63) is 108 Å². The molecule has 0 saturated heterocycles. The molecule has 5 aromatic rings. The molecule has 0 saturated carbocycles. The van der Waals surface area contributed by atoms with E-state index in [9.17, 15) is 0 Å². The van der Waals surface area contributed by atoms with Gasteiger partial charge in [-0.3, -0.25) is 0 Å². The molecule has 0 aliphatic heterocycles. The third-order valence-electron chi connectivity index (χ3n) is 6.18. The van der Waals surface area contributed by atoms with Crippen LogP contribution in [0, 0.1) is 0 Å². The smallest absolute Gasteiger partial charge is 0.00718 e. The SMILES string of the molecule is BrCCc1ccc(-c2c3ccccc3c(-c3ccc(CCBr)cc3)c3ccccc23)cc1. The van der Waals surface area contributed by atoms with Crippen molar-refractivity contribution in [1.29, 1.82) is 0 Å². The average Bonchev–Trinajstić information content (AvgIpc) is 2.84. The Hall–Kier alpha value is -2.42. The Kier molecular flexibility index (Phi) is 6.43. The number of rotatable bonds is 6. The van der Waals surface area contributed by atoms with Crippen LogP contribution in [-0.4, -0.2) is 10.7 Å². The Morgan fingerprint density at radius 2 is 0.719 bits per heavy atom. The van der Waals surface area contributed by atoms with Crippen LogP contribution in [0.4, 0.5) is 0 Å². The van der Waals surface area contributed by atoms with Crippen LogP contribution in [0.25, 0.3) is 43.8 Å². The van der Waals surface area contributed by atoms with Crippen LogP contribution in [0.5, 0.6) is 0 Å². The topological polar surface area (TPSA) is 0 Å². The summed E-state index contributed by atoms with van der Waals surface area (Å²) in [5, 5.41) is 7.19. The van der Waals surface area contributed by atoms with Crippen LogP contribution in [-0.2, 0) is 12.8 Å². The van der Waals surface area contributed by atoms with Crippen LogP contribution in [0.1, 0.15) is 11.1 Å². The van der Waals surface area contributed by atoms with Crippen LogP contribution in [0.3, 0.4) is 0 Å². The van der Waals surface area contributed by atoms with Crippen LogP contribution in [0.2, 0.25) is 0 Å². The zero-order chi connectivity index (χ0) is 21.9. The van der Waals surface area contributed by atoms with E-state index in [0.717, 1.165) is 23.5 Å². The summed E-state index contributed by atoms with van der Waals surface area (Å²) < 4.78 is 0. The predicted molar refractivity (Wildman–Crippen MR) is 147 cm³/mol. The Bertz CT molecular complexity index is 1200. The van der Waals surface area contributed by atoms with Crippen molar-refractivity contribution in [1.82, 2.24) is 0 Å². The van der Waals surface area contributed by atoms with Crippen LogP contribution >= 0.6 is 31.9 Å². The largest absolute Gasteiger partial charge is 0.0924 e. The van der Waals surface area contributed by atoms with Gasteiger partial charge in [-0.25, -0.2) is 0 Å². The van der Waals surface area contributed by atoms with Crippen molar-refractivity contribution in [2.24, 2.45) is 0 Å². The van der Waals surface area contributed by atoms with Crippen LogP contribution < -0.4 is 0 Å². The summed E-state index contributed by atoms with van der Waals surface area (Å²) in [6.45, 7) is 0. The van der Waals surface area contributed by atoms with E-state index in [1.165, 1.54) is 54.9 Å². The second-order valence-electron chi connectivity index (χ2n) is 8.11. The first kappa shape index (κ1) is 21.4. The van der Waals surface area contributed by atoms with E-state index in [1.807, 2.05) is 0 Å². The Morgan fingerprint density at radius 3 is 1.00 bits per heavy atom. The minimum atomic E-state index is 0.987. The second kappa shape index (κ2) is 9.60. The number of hydrogen-bond donors (Lipinski definition) is 0. The zero-order valence-electron chi connectivity index (χ0n) is 17.8. The van der Waals surface area contributed by atoms with Crippen LogP contribution in [0.15, 0.2) is 97.1 Å². The van der Waals surface area contributed by atoms with Gasteiger partial charge in [0, 0.05) is 10.7 Å². The molecule has 0 nitrogen and oxygen atoms in total. The van der Waals surface area contributed by atoms with Gasteiger partial charge in [-0.05, 0) is 67.8 Å². The molecule has 158 valence electrons. The number of fused-ring (bicyclic) bond motifs is 2. The zero-order valence-corrected chi connectivity index (χ0v) is 21.0. The van der Waals surface area contributed by atoms with Gasteiger partial charge in [0.05, 0.1) is 0 Å². The van der Waals surface area contributed by atoms with E-state index in [1.54, 1.807) is 0 Å². The lowest BCUT2D eigenvalue weighted by Crippen LogP contribution is -1.92. The normalized spacial score (nSPS) is 11.3. The fraction of sp³-hybridized carbons (Fsp3) is 0.133. The molecule has 0 bridgehead atoms. The number of benzene rings is 5. The van der Waals surface area contributed by atoms with E-state index in [0.29, 0.717) is 0 Å². The summed E-state index contributed by atoms with van der Waals surface area (Å²) in [5.41, 5.74) is 7.91. The molecule has 0 amide bonds. The average molecular weight is 544 g/mol. The molecule has 0 spiro atoms. The summed E-state index contributed by atoms with van der Waals surface area (Å²) >= 11 is 7.11. The molecule has 5 rings (SSSR count). The maximum atomic E-state index is 3.56. The number of halogens is 2. The molecule has 32 heavy (non-hydrogen) atoms. The van der Waals surface area contributed by atoms with Gasteiger partial charge in [0.2, 0.25) is 0 Å². The number of alkyl halides is 2. The molecule has 0 radical (unpaired) electrons. The summed E-state index contributed by atoms with van der Waals surface area (Å²) in [6, 6.07) is 35.9. The van der Waals surface area contributed by atoms with E-state index in [-0.39, 0.29) is 0 Å². The monoisotopic (exact) mass is 542 g/mol. The summed E-state index contributed by atoms with van der Waals surface area (Å²) in [5.74, 6) is 0. The molecule has 0 heterocycles. The Balaban J connectivity index is 1.79.